The normalized spacial score (nSPS) is 23.0. The molecule has 0 unspecified atom stereocenters. The fraction of sp³-hybridized carbons (Fsp3) is 0.415. The molecule has 4 aliphatic rings. The SMILES string of the molecule is COc1cccc2cc(-c3ccc(F)c([C@]4(C)CS(=O)(=O)C5(CCCC5)C(N)=N4)c3)[nH]c12.COc1cccc2cc(-c3ccc(F)c([C@]4(C)CS(=O)(=O)C5(CCCC5)C(N)=N4)c3)n(C(=O)OC(C)(C)C)c12. The first-order valence-corrected chi connectivity index (χ1v) is 27.1. The molecule has 0 saturated heterocycles. The van der Waals surface area contributed by atoms with Crippen LogP contribution in [0.2, 0.25) is 0 Å². The van der Waals surface area contributed by atoms with Gasteiger partial charge in [-0.15, -0.1) is 0 Å². The molecule has 18 heteroatoms. The Balaban J connectivity index is 0.000000179. The minimum absolute atomic E-state index is 0.0474. The van der Waals surface area contributed by atoms with Crippen molar-refractivity contribution >= 4 is 59.2 Å². The fourth-order valence-corrected chi connectivity index (χ4v) is 16.2. The Hall–Kier alpha value is -6.27. The molecule has 5 N–H and O–H groups in total. The molecular formula is C53H60F2N6O8S2. The number of rotatable bonds is 6. The number of aliphatic imine (C=N–C) groups is 2. The van der Waals surface area contributed by atoms with E-state index in [1.807, 2.05) is 36.4 Å². The van der Waals surface area contributed by atoms with E-state index in [0.29, 0.717) is 54.0 Å². The van der Waals surface area contributed by atoms with Crippen LogP contribution in [0.4, 0.5) is 13.6 Å². The molecule has 376 valence electrons. The number of H-pyrrole nitrogens is 1. The third-order valence-corrected chi connectivity index (χ3v) is 20.2. The topological polar surface area (TPSA) is 211 Å². The number of amidine groups is 2. The summed E-state index contributed by atoms with van der Waals surface area (Å²) in [6, 6.07) is 23.9. The van der Waals surface area contributed by atoms with Crippen molar-refractivity contribution in [3.63, 3.8) is 0 Å². The molecule has 2 aliphatic carbocycles. The second kappa shape index (κ2) is 17.5. The highest BCUT2D eigenvalue weighted by Gasteiger charge is 2.57. The van der Waals surface area contributed by atoms with Crippen LogP contribution in [-0.2, 0) is 35.5 Å². The van der Waals surface area contributed by atoms with E-state index in [9.17, 15) is 21.6 Å². The van der Waals surface area contributed by atoms with Gasteiger partial charge in [0, 0.05) is 27.6 Å². The van der Waals surface area contributed by atoms with Gasteiger partial charge in [0.05, 0.1) is 36.9 Å². The molecule has 2 aromatic heterocycles. The van der Waals surface area contributed by atoms with E-state index in [4.69, 9.17) is 25.7 Å². The lowest BCUT2D eigenvalue weighted by Gasteiger charge is -2.39. The van der Waals surface area contributed by atoms with Gasteiger partial charge < -0.3 is 30.7 Å². The van der Waals surface area contributed by atoms with Crippen molar-refractivity contribution in [1.82, 2.24) is 9.55 Å². The highest BCUT2D eigenvalue weighted by atomic mass is 32.2. The number of ether oxygens (including phenoxy) is 3. The molecule has 14 nitrogen and oxygen atoms in total. The van der Waals surface area contributed by atoms with Crippen molar-refractivity contribution in [2.45, 2.75) is 112 Å². The first-order valence-electron chi connectivity index (χ1n) is 23.8. The highest BCUT2D eigenvalue weighted by Crippen LogP contribution is 2.48. The zero-order valence-electron chi connectivity index (χ0n) is 41.0. The number of carbonyl (C=O) groups excluding carboxylic acids is 1. The molecule has 4 heterocycles. The Kier molecular flexibility index (Phi) is 12.2. The van der Waals surface area contributed by atoms with Crippen molar-refractivity contribution in [1.29, 1.82) is 0 Å². The Morgan fingerprint density at radius 3 is 1.65 bits per heavy atom. The predicted molar refractivity (Wildman–Crippen MR) is 274 cm³/mol. The Labute approximate surface area is 412 Å². The monoisotopic (exact) mass is 1010 g/mol. The first-order chi connectivity index (χ1) is 33.4. The number of nitrogens with two attached hydrogens (primary N) is 2. The van der Waals surface area contributed by atoms with Crippen molar-refractivity contribution in [3.8, 4) is 34.0 Å². The number of nitrogens with one attached hydrogen (secondary N) is 1. The molecule has 0 bridgehead atoms. The summed E-state index contributed by atoms with van der Waals surface area (Å²) in [4.78, 5) is 26.1. The van der Waals surface area contributed by atoms with Crippen LogP contribution in [0.15, 0.2) is 94.9 Å². The minimum Gasteiger partial charge on any atom is -0.495 e. The van der Waals surface area contributed by atoms with Gasteiger partial charge in [0.2, 0.25) is 0 Å². The van der Waals surface area contributed by atoms with E-state index in [0.717, 1.165) is 53.2 Å². The molecule has 2 fully saturated rings. The van der Waals surface area contributed by atoms with E-state index >= 15 is 8.78 Å². The van der Waals surface area contributed by atoms with Crippen LogP contribution in [0, 0.1) is 11.6 Å². The lowest BCUT2D eigenvalue weighted by Crippen LogP contribution is -2.56. The van der Waals surface area contributed by atoms with Gasteiger partial charge in [-0.1, -0.05) is 49.9 Å². The average Bonchev–Trinajstić information content (AvgIpc) is 4.14. The van der Waals surface area contributed by atoms with Gasteiger partial charge in [0.15, 0.2) is 19.7 Å². The fourth-order valence-electron chi connectivity index (χ4n) is 11.2. The summed E-state index contributed by atoms with van der Waals surface area (Å²) in [6.07, 6.45) is 4.34. The molecule has 2 spiro atoms. The van der Waals surface area contributed by atoms with Gasteiger partial charge in [0.1, 0.15) is 66.5 Å². The summed E-state index contributed by atoms with van der Waals surface area (Å²) in [5.41, 5.74) is 13.2. The number of methoxy groups -OCH3 is 2. The zero-order chi connectivity index (χ0) is 51.1. The van der Waals surface area contributed by atoms with Gasteiger partial charge in [0.25, 0.3) is 0 Å². The molecule has 2 aliphatic heterocycles. The Bertz CT molecular complexity index is 3420. The largest absolute Gasteiger partial charge is 0.495 e. The maximum Gasteiger partial charge on any atom is 0.419 e. The number of hydrogen-bond acceptors (Lipinski definition) is 12. The van der Waals surface area contributed by atoms with E-state index < -0.39 is 63.6 Å². The summed E-state index contributed by atoms with van der Waals surface area (Å²) in [5.74, 6) is -0.384. The smallest absolute Gasteiger partial charge is 0.419 e. The predicted octanol–water partition coefficient (Wildman–Crippen LogP) is 9.85. The molecule has 0 radical (unpaired) electrons. The molecule has 71 heavy (non-hydrogen) atoms. The van der Waals surface area contributed by atoms with Gasteiger partial charge in [-0.3, -0.25) is 9.98 Å². The van der Waals surface area contributed by atoms with Crippen LogP contribution in [0.25, 0.3) is 44.3 Å². The number of aromatic amines is 1. The number of hydrogen-bond donors (Lipinski definition) is 3. The summed E-state index contributed by atoms with van der Waals surface area (Å²) in [7, 11) is -4.19. The molecular weight excluding hydrogens is 951 g/mol. The van der Waals surface area contributed by atoms with E-state index in [1.165, 1.54) is 23.8 Å². The standard InChI is InChI=1S/C29H34FN3O5S.C24H26FN3O3S/c1-27(2,3)38-26(34)33-22(16-19-9-8-10-23(37-5)24(19)33)18-11-12-21(30)20(15-18)28(4)17-39(35,36)29(25(31)32-28)13-6-7-14-29;1-23(14-32(29,30)24(22(26)28-23)10-3-4-11-24)17-12-15(8-9-18(17)25)19-13-16-6-5-7-20(31-2)21(16)27-19/h8-12,15-16H,6-7,13-14,17H2,1-5H3,(H2,31,32);5-9,12-13,27H,3-4,10-11,14H2,1-2H3,(H2,26,28)/t28-;23-/m00/s1. The van der Waals surface area contributed by atoms with Crippen LogP contribution < -0.4 is 20.9 Å². The quantitative estimate of drug-likeness (QED) is 0.144. The number of aromatic nitrogens is 2. The third kappa shape index (κ3) is 8.33. The summed E-state index contributed by atoms with van der Waals surface area (Å²) in [6.45, 7) is 8.55. The lowest BCUT2D eigenvalue weighted by molar-refractivity contribution is 0.0546. The lowest BCUT2D eigenvalue weighted by atomic mass is 9.90. The van der Waals surface area contributed by atoms with Gasteiger partial charge in [-0.2, -0.15) is 0 Å². The summed E-state index contributed by atoms with van der Waals surface area (Å²) in [5, 5.41) is 1.68. The number of fused-ring (bicyclic) bond motifs is 2. The average molecular weight is 1010 g/mol. The third-order valence-electron chi connectivity index (χ3n) is 14.7. The van der Waals surface area contributed by atoms with Crippen molar-refractivity contribution in [2.24, 2.45) is 21.5 Å². The van der Waals surface area contributed by atoms with E-state index in [-0.39, 0.29) is 34.3 Å². The van der Waals surface area contributed by atoms with Gasteiger partial charge >= 0.3 is 6.09 Å². The summed E-state index contributed by atoms with van der Waals surface area (Å²) >= 11 is 0. The van der Waals surface area contributed by atoms with Gasteiger partial charge in [-0.25, -0.2) is 35.0 Å². The zero-order valence-corrected chi connectivity index (χ0v) is 42.6. The van der Waals surface area contributed by atoms with Crippen LogP contribution in [0.1, 0.15) is 97.1 Å². The second-order valence-corrected chi connectivity index (χ2v) is 25.3. The minimum atomic E-state index is -3.71. The van der Waals surface area contributed by atoms with Crippen molar-refractivity contribution in [2.75, 3.05) is 25.7 Å². The number of nitrogens with zero attached hydrogens (tertiary/aromatic N) is 3. The first kappa shape index (κ1) is 49.7. The molecule has 2 atom stereocenters. The summed E-state index contributed by atoms with van der Waals surface area (Å²) < 4.78 is 100. The second-order valence-electron chi connectivity index (χ2n) is 20.7. The van der Waals surface area contributed by atoms with E-state index in [2.05, 4.69) is 15.0 Å². The van der Waals surface area contributed by atoms with Gasteiger partial charge in [-0.05, 0) is 132 Å². The van der Waals surface area contributed by atoms with E-state index in [1.54, 1.807) is 78.1 Å². The van der Waals surface area contributed by atoms with Crippen LogP contribution in [0.5, 0.6) is 11.5 Å². The Morgan fingerprint density at radius 2 is 1.15 bits per heavy atom. The number of sulfone groups is 2. The van der Waals surface area contributed by atoms with Crippen molar-refractivity contribution < 1.29 is 44.6 Å². The highest BCUT2D eigenvalue weighted by molar-refractivity contribution is 7.94. The molecule has 10 rings (SSSR count). The molecule has 6 aromatic rings. The van der Waals surface area contributed by atoms with Crippen molar-refractivity contribution in [3.05, 3.63) is 108 Å². The molecule has 4 aromatic carbocycles. The van der Waals surface area contributed by atoms with Crippen LogP contribution >= 0.6 is 0 Å². The number of halogens is 2. The van der Waals surface area contributed by atoms with Crippen LogP contribution in [-0.4, -0.2) is 85.0 Å². The molecule has 0 amide bonds. The van der Waals surface area contributed by atoms with Crippen LogP contribution in [0.3, 0.4) is 0 Å². The number of para-hydroxylation sites is 2. The number of benzene rings is 4. The maximum atomic E-state index is 15.4. The number of carbonyl (C=O) groups is 1. The maximum absolute atomic E-state index is 15.4. The Morgan fingerprint density at radius 1 is 0.676 bits per heavy atom. The molecule has 2 saturated carbocycles.